The van der Waals surface area contributed by atoms with Crippen LogP contribution in [0.5, 0.6) is 5.88 Å². The zero-order valence-corrected chi connectivity index (χ0v) is 12.3. The van der Waals surface area contributed by atoms with Crippen LogP contribution in [0, 0.1) is 5.92 Å². The molecule has 1 heterocycles. The minimum absolute atomic E-state index is 0.0147. The average molecular weight is 267 g/mol. The van der Waals surface area contributed by atoms with Crippen molar-refractivity contribution >= 4 is 0 Å². The second kappa shape index (κ2) is 8.82. The van der Waals surface area contributed by atoms with Crippen molar-refractivity contribution in [1.82, 2.24) is 15.3 Å². The summed E-state index contributed by atoms with van der Waals surface area (Å²) in [4.78, 5) is 8.56. The summed E-state index contributed by atoms with van der Waals surface area (Å²) in [5.41, 5.74) is 0.922. The van der Waals surface area contributed by atoms with E-state index in [0.717, 1.165) is 18.8 Å². The highest BCUT2D eigenvalue weighted by Crippen LogP contribution is 2.07. The van der Waals surface area contributed by atoms with E-state index < -0.39 is 0 Å². The van der Waals surface area contributed by atoms with E-state index in [9.17, 15) is 0 Å². The first-order chi connectivity index (χ1) is 9.11. The molecule has 1 unspecified atom stereocenters. The molecule has 1 rings (SSSR count). The van der Waals surface area contributed by atoms with Crippen molar-refractivity contribution in [2.45, 2.75) is 40.3 Å². The van der Waals surface area contributed by atoms with Crippen LogP contribution in [0.3, 0.4) is 0 Å². The molecule has 5 nitrogen and oxygen atoms in total. The number of ether oxygens (including phenoxy) is 2. The molecule has 0 aliphatic heterocycles. The first-order valence-corrected chi connectivity index (χ1v) is 6.87. The summed E-state index contributed by atoms with van der Waals surface area (Å²) in [6.07, 6.45) is 3.39. The lowest BCUT2D eigenvalue weighted by atomic mass is 10.2. The van der Waals surface area contributed by atoms with Crippen LogP contribution in [0.2, 0.25) is 0 Å². The van der Waals surface area contributed by atoms with E-state index in [1.54, 1.807) is 12.4 Å². The van der Waals surface area contributed by atoms with Gasteiger partial charge in [-0.25, -0.2) is 4.98 Å². The Kier molecular flexibility index (Phi) is 7.36. The molecule has 0 saturated carbocycles. The first-order valence-electron chi connectivity index (χ1n) is 6.87. The normalized spacial score (nSPS) is 12.7. The third-order valence-corrected chi connectivity index (χ3v) is 2.42. The number of nitrogens with one attached hydrogen (secondary N) is 1. The molecule has 19 heavy (non-hydrogen) atoms. The van der Waals surface area contributed by atoms with Crippen LogP contribution in [-0.2, 0) is 11.3 Å². The van der Waals surface area contributed by atoms with Crippen LogP contribution in [-0.4, -0.2) is 35.8 Å². The van der Waals surface area contributed by atoms with Crippen LogP contribution < -0.4 is 10.1 Å². The lowest BCUT2D eigenvalue weighted by molar-refractivity contribution is 0.0631. The van der Waals surface area contributed by atoms with E-state index in [1.807, 2.05) is 13.8 Å². The lowest BCUT2D eigenvalue weighted by Crippen LogP contribution is -2.21. The summed E-state index contributed by atoms with van der Waals surface area (Å²) in [5.74, 6) is 1.18. The van der Waals surface area contributed by atoms with Gasteiger partial charge in [0.05, 0.1) is 24.7 Å². The van der Waals surface area contributed by atoms with Gasteiger partial charge >= 0.3 is 0 Å². The molecule has 0 amide bonds. The highest BCUT2D eigenvalue weighted by molar-refractivity contribution is 5.07. The van der Waals surface area contributed by atoms with Crippen molar-refractivity contribution in [2.75, 3.05) is 19.8 Å². The molecule has 0 saturated heterocycles. The Morgan fingerprint density at radius 1 is 1.21 bits per heavy atom. The van der Waals surface area contributed by atoms with E-state index in [4.69, 9.17) is 9.47 Å². The van der Waals surface area contributed by atoms with Gasteiger partial charge in [-0.15, -0.1) is 0 Å². The minimum Gasteiger partial charge on any atom is -0.471 e. The average Bonchev–Trinajstić information content (AvgIpc) is 2.38. The molecule has 108 valence electrons. The van der Waals surface area contributed by atoms with Crippen LogP contribution in [0.1, 0.15) is 33.4 Å². The quantitative estimate of drug-likeness (QED) is 0.742. The fraction of sp³-hybridized carbons (Fsp3) is 0.714. The summed E-state index contributed by atoms with van der Waals surface area (Å²) < 4.78 is 10.9. The maximum Gasteiger partial charge on any atom is 0.232 e. The van der Waals surface area contributed by atoms with E-state index in [2.05, 4.69) is 29.1 Å². The fourth-order valence-corrected chi connectivity index (χ4v) is 1.51. The Hall–Kier alpha value is -1.20. The second-order valence-electron chi connectivity index (χ2n) is 4.96. The standard InChI is InChI=1S/C14H25N3O2/c1-5-18-10-12(4)19-14-9-16-13(8-17-14)7-15-6-11(2)3/h8-9,11-12,15H,5-7,10H2,1-4H3. The zero-order valence-electron chi connectivity index (χ0n) is 12.3. The Bertz CT molecular complexity index is 341. The largest absolute Gasteiger partial charge is 0.471 e. The highest BCUT2D eigenvalue weighted by atomic mass is 16.5. The van der Waals surface area contributed by atoms with E-state index in [-0.39, 0.29) is 6.10 Å². The van der Waals surface area contributed by atoms with Gasteiger partial charge in [0.1, 0.15) is 6.10 Å². The van der Waals surface area contributed by atoms with Gasteiger partial charge < -0.3 is 14.8 Å². The summed E-state index contributed by atoms with van der Waals surface area (Å²) in [5, 5.41) is 3.33. The molecule has 0 bridgehead atoms. The molecule has 0 aromatic carbocycles. The summed E-state index contributed by atoms with van der Waals surface area (Å²) in [7, 11) is 0. The topological polar surface area (TPSA) is 56.3 Å². The van der Waals surface area contributed by atoms with Gasteiger partial charge in [-0.2, -0.15) is 0 Å². The second-order valence-corrected chi connectivity index (χ2v) is 4.96. The van der Waals surface area contributed by atoms with Crippen molar-refractivity contribution in [1.29, 1.82) is 0 Å². The van der Waals surface area contributed by atoms with Crippen molar-refractivity contribution in [3.63, 3.8) is 0 Å². The number of hydrogen-bond donors (Lipinski definition) is 1. The molecule has 1 atom stereocenters. The molecular weight excluding hydrogens is 242 g/mol. The minimum atomic E-state index is -0.0147. The SMILES string of the molecule is CCOCC(C)Oc1cnc(CNCC(C)C)cn1. The zero-order chi connectivity index (χ0) is 14.1. The monoisotopic (exact) mass is 267 g/mol. The van der Waals surface area contributed by atoms with E-state index in [0.29, 0.717) is 25.0 Å². The van der Waals surface area contributed by atoms with Crippen molar-refractivity contribution in [2.24, 2.45) is 5.92 Å². The molecule has 0 spiro atoms. The number of rotatable bonds is 9. The molecule has 0 aliphatic rings. The third kappa shape index (κ3) is 7.08. The van der Waals surface area contributed by atoms with Crippen LogP contribution in [0.25, 0.3) is 0 Å². The lowest BCUT2D eigenvalue weighted by Gasteiger charge is -2.13. The van der Waals surface area contributed by atoms with Crippen LogP contribution in [0.4, 0.5) is 0 Å². The number of aromatic nitrogens is 2. The smallest absolute Gasteiger partial charge is 0.232 e. The van der Waals surface area contributed by atoms with Gasteiger partial charge in [-0.3, -0.25) is 4.98 Å². The van der Waals surface area contributed by atoms with Gasteiger partial charge in [0.15, 0.2) is 0 Å². The Labute approximate surface area is 115 Å². The number of hydrogen-bond acceptors (Lipinski definition) is 5. The highest BCUT2D eigenvalue weighted by Gasteiger charge is 2.05. The van der Waals surface area contributed by atoms with Gasteiger partial charge in [-0.1, -0.05) is 13.8 Å². The molecule has 0 radical (unpaired) electrons. The molecule has 1 aromatic rings. The summed E-state index contributed by atoms with van der Waals surface area (Å²) in [6, 6.07) is 0. The maximum absolute atomic E-state index is 5.60. The van der Waals surface area contributed by atoms with Gasteiger partial charge in [0.2, 0.25) is 5.88 Å². The third-order valence-electron chi connectivity index (χ3n) is 2.42. The molecule has 1 aromatic heterocycles. The molecule has 5 heteroatoms. The molecule has 1 N–H and O–H groups in total. The van der Waals surface area contributed by atoms with Crippen molar-refractivity contribution in [3.05, 3.63) is 18.1 Å². The number of nitrogens with zero attached hydrogens (tertiary/aromatic N) is 2. The fourth-order valence-electron chi connectivity index (χ4n) is 1.51. The predicted octanol–water partition coefficient (Wildman–Crippen LogP) is 2.03. The van der Waals surface area contributed by atoms with Crippen LogP contribution in [0.15, 0.2) is 12.4 Å². The maximum atomic E-state index is 5.60. The molecule has 0 aliphatic carbocycles. The summed E-state index contributed by atoms with van der Waals surface area (Å²) >= 11 is 0. The molecular formula is C14H25N3O2. The Morgan fingerprint density at radius 2 is 2.00 bits per heavy atom. The van der Waals surface area contributed by atoms with E-state index >= 15 is 0 Å². The van der Waals surface area contributed by atoms with Gasteiger partial charge in [0.25, 0.3) is 0 Å². The Balaban J connectivity index is 2.34. The van der Waals surface area contributed by atoms with Crippen molar-refractivity contribution < 1.29 is 9.47 Å². The first kappa shape index (κ1) is 15.9. The predicted molar refractivity (Wildman–Crippen MR) is 75.2 cm³/mol. The van der Waals surface area contributed by atoms with Gasteiger partial charge in [-0.05, 0) is 26.3 Å². The van der Waals surface area contributed by atoms with Crippen LogP contribution >= 0.6 is 0 Å². The van der Waals surface area contributed by atoms with E-state index in [1.165, 1.54) is 0 Å². The summed E-state index contributed by atoms with van der Waals surface area (Å²) in [6.45, 7) is 11.2. The van der Waals surface area contributed by atoms with Gasteiger partial charge in [0, 0.05) is 13.2 Å². The van der Waals surface area contributed by atoms with Crippen molar-refractivity contribution in [3.8, 4) is 5.88 Å². The molecule has 0 fully saturated rings. The Morgan fingerprint density at radius 3 is 2.58 bits per heavy atom.